The van der Waals surface area contributed by atoms with E-state index in [1.165, 1.54) is 31.4 Å². The van der Waals surface area contributed by atoms with Crippen molar-refractivity contribution in [3.05, 3.63) is 29.8 Å². The van der Waals surface area contributed by atoms with Crippen LogP contribution in [0.15, 0.2) is 24.3 Å². The van der Waals surface area contributed by atoms with Gasteiger partial charge in [-0.3, -0.25) is 0 Å². The number of carboxylic acid groups (broad SMARTS) is 3. The predicted octanol–water partition coefficient (Wildman–Crippen LogP) is -13.1. The second-order valence-electron chi connectivity index (χ2n) is 4.46. The van der Waals surface area contributed by atoms with Crippen molar-refractivity contribution in [1.29, 1.82) is 0 Å². The quantitative estimate of drug-likeness (QED) is 0.337. The summed E-state index contributed by atoms with van der Waals surface area (Å²) in [5, 5.41) is 47.8. The molecule has 0 spiro atoms. The van der Waals surface area contributed by atoms with Gasteiger partial charge in [0.1, 0.15) is 11.4 Å². The normalized spacial score (nSPS) is 8.96. The van der Waals surface area contributed by atoms with Gasteiger partial charge in [0.05, 0.1) is 18.6 Å². The maximum Gasteiger partial charge on any atom is 1.00 e. The molecule has 0 unspecified atom stereocenters. The summed E-state index contributed by atoms with van der Waals surface area (Å²) < 4.78 is 4.46. The first-order valence-corrected chi connectivity index (χ1v) is 6.22. The van der Waals surface area contributed by atoms with E-state index in [1.807, 2.05) is 0 Å². The van der Waals surface area contributed by atoms with E-state index in [4.69, 9.17) is 10.2 Å². The Labute approximate surface area is 220 Å². The van der Waals surface area contributed by atoms with Gasteiger partial charge in [-0.25, -0.2) is 4.79 Å². The molecule has 0 fully saturated rings. The van der Waals surface area contributed by atoms with Gasteiger partial charge < -0.3 is 44.7 Å². The molecule has 0 aliphatic rings. The van der Waals surface area contributed by atoms with Crippen LogP contribution in [0.5, 0.6) is 5.75 Å². The topological polar surface area (TPSA) is 187 Å². The third-order valence-electron chi connectivity index (χ3n) is 2.54. The smallest absolute Gasteiger partial charge is 0.550 e. The molecule has 0 atom stereocenters. The number of methoxy groups -OCH3 is 1. The van der Waals surface area contributed by atoms with Gasteiger partial charge >= 0.3 is 94.6 Å². The largest absolute Gasteiger partial charge is 1.00 e. The van der Waals surface area contributed by atoms with Gasteiger partial charge in [-0.2, -0.15) is 0 Å². The molecule has 0 bridgehead atoms. The molecule has 1 rings (SSSR count). The van der Waals surface area contributed by atoms with Crippen LogP contribution in [0.25, 0.3) is 0 Å². The molecule has 0 radical (unpaired) electrons. The number of ether oxygens (including phenoxy) is 1. The van der Waals surface area contributed by atoms with Crippen LogP contribution in [0.2, 0.25) is 0 Å². The first-order valence-electron chi connectivity index (χ1n) is 6.22. The summed E-state index contributed by atoms with van der Waals surface area (Å²) in [6.45, 7) is 0. The van der Waals surface area contributed by atoms with Crippen LogP contribution in [0, 0.1) is 0 Å². The van der Waals surface area contributed by atoms with Crippen molar-refractivity contribution in [2.75, 3.05) is 7.11 Å². The molecule has 0 amide bonds. The molecule has 0 saturated heterocycles. The maximum absolute atomic E-state index is 10.8. The Bertz CT molecular complexity index is 602. The van der Waals surface area contributed by atoms with Crippen LogP contribution < -0.4 is 104 Å². The number of esters is 1. The molecule has 0 heterocycles. The number of aromatic hydroxyl groups is 1. The van der Waals surface area contributed by atoms with Crippen LogP contribution in [0.3, 0.4) is 0 Å². The Morgan fingerprint density at radius 2 is 1.30 bits per heavy atom. The fourth-order valence-electron chi connectivity index (χ4n) is 1.40. The number of carbonyl (C=O) groups excluding carboxylic acids is 4. The second kappa shape index (κ2) is 16.8. The minimum absolute atomic E-state index is 0. The first-order chi connectivity index (χ1) is 11.0. The van der Waals surface area contributed by atoms with E-state index in [2.05, 4.69) is 4.74 Å². The number of carbonyl (C=O) groups is 4. The van der Waals surface area contributed by atoms with Crippen LogP contribution >= 0.6 is 0 Å². The van der Waals surface area contributed by atoms with Crippen molar-refractivity contribution < 1.29 is 138 Å². The van der Waals surface area contributed by atoms with Crippen molar-refractivity contribution in [3.63, 3.8) is 0 Å². The van der Waals surface area contributed by atoms with E-state index in [1.54, 1.807) is 0 Å². The SMILES string of the molecule is COC(=O)c1ccc(O)cc1.O=C([O-])CC(O)(CC(=O)[O-])C(=O)[O-].[Na+].[Na+].[Na+]. The standard InChI is InChI=1S/C8H8O3.C6H8O7.3Na/c1-11-8(10)6-2-4-7(9)5-3-6;7-3(8)1-6(13,5(11)12)2-4(9)10;;;/h2-5,9H,1H3;13H,1-2H2,(H,7,8)(H,9,10)(H,11,12);;;/q;;3*+1/p-3. The summed E-state index contributed by atoms with van der Waals surface area (Å²) in [6.07, 6.45) is -2.72. The third-order valence-corrected chi connectivity index (χ3v) is 2.54. The molecule has 1 aromatic carbocycles. The number of aliphatic hydroxyl groups is 1. The number of benzene rings is 1. The van der Waals surface area contributed by atoms with E-state index in [0.717, 1.165) is 0 Å². The zero-order valence-corrected chi connectivity index (χ0v) is 21.4. The van der Waals surface area contributed by atoms with Crippen molar-refractivity contribution in [2.24, 2.45) is 0 Å². The molecule has 27 heavy (non-hydrogen) atoms. The van der Waals surface area contributed by atoms with E-state index >= 15 is 0 Å². The fraction of sp³-hybridized carbons (Fsp3) is 0.286. The maximum atomic E-state index is 10.8. The molecule has 0 aliphatic carbocycles. The Balaban J connectivity index is -0.000000178. The number of phenolic OH excluding ortho intramolecular Hbond substituents is 1. The van der Waals surface area contributed by atoms with Crippen LogP contribution in [0.1, 0.15) is 23.2 Å². The van der Waals surface area contributed by atoms with Gasteiger partial charge in [0.25, 0.3) is 0 Å². The van der Waals surface area contributed by atoms with E-state index in [-0.39, 0.29) is 94.4 Å². The molecular formula is C14H13Na3O10. The number of hydrogen-bond donors (Lipinski definition) is 2. The average Bonchev–Trinajstić information content (AvgIpc) is 2.46. The number of carboxylic acids is 3. The summed E-state index contributed by atoms with van der Waals surface area (Å²) >= 11 is 0. The Hall–Kier alpha value is -0.140. The fourth-order valence-corrected chi connectivity index (χ4v) is 1.40. The van der Waals surface area contributed by atoms with E-state index < -0.39 is 42.3 Å². The first kappa shape index (κ1) is 34.4. The Morgan fingerprint density at radius 3 is 1.56 bits per heavy atom. The van der Waals surface area contributed by atoms with E-state index in [0.29, 0.717) is 5.56 Å². The summed E-state index contributed by atoms with van der Waals surface area (Å²) in [5.74, 6) is -6.25. The van der Waals surface area contributed by atoms with Crippen LogP contribution in [-0.2, 0) is 19.1 Å². The number of phenols is 1. The molecule has 132 valence electrons. The summed E-state index contributed by atoms with van der Waals surface area (Å²) in [4.78, 5) is 40.8. The molecule has 13 heteroatoms. The Morgan fingerprint density at radius 1 is 0.926 bits per heavy atom. The summed E-state index contributed by atoms with van der Waals surface area (Å²) in [7, 11) is 1.31. The molecular weight excluding hydrogens is 397 g/mol. The van der Waals surface area contributed by atoms with Gasteiger partial charge in [-0.15, -0.1) is 0 Å². The van der Waals surface area contributed by atoms with Crippen molar-refractivity contribution >= 4 is 23.9 Å². The minimum Gasteiger partial charge on any atom is -0.550 e. The number of rotatable bonds is 6. The van der Waals surface area contributed by atoms with Gasteiger partial charge in [0.15, 0.2) is 0 Å². The monoisotopic (exact) mass is 410 g/mol. The zero-order chi connectivity index (χ0) is 18.9. The van der Waals surface area contributed by atoms with Crippen LogP contribution in [-0.4, -0.2) is 46.8 Å². The number of aliphatic carboxylic acids is 3. The second-order valence-corrected chi connectivity index (χ2v) is 4.46. The van der Waals surface area contributed by atoms with E-state index in [9.17, 15) is 34.5 Å². The Kier molecular flexibility index (Phi) is 21.4. The van der Waals surface area contributed by atoms with Gasteiger partial charge in [0, 0.05) is 24.8 Å². The molecule has 0 saturated carbocycles. The molecule has 1 aromatic rings. The molecule has 2 N–H and O–H groups in total. The van der Waals surface area contributed by atoms with Crippen molar-refractivity contribution in [1.82, 2.24) is 0 Å². The zero-order valence-electron chi connectivity index (χ0n) is 15.4. The summed E-state index contributed by atoms with van der Waals surface area (Å²) in [6, 6.07) is 5.88. The van der Waals surface area contributed by atoms with Gasteiger partial charge in [-0.05, 0) is 24.3 Å². The molecule has 0 aromatic heterocycles. The molecule has 0 aliphatic heterocycles. The summed E-state index contributed by atoms with van der Waals surface area (Å²) in [5.41, 5.74) is -2.54. The van der Waals surface area contributed by atoms with Crippen molar-refractivity contribution in [2.45, 2.75) is 18.4 Å². The van der Waals surface area contributed by atoms with Crippen molar-refractivity contribution in [3.8, 4) is 5.75 Å². The predicted molar refractivity (Wildman–Crippen MR) is 68.7 cm³/mol. The number of hydrogen-bond acceptors (Lipinski definition) is 10. The van der Waals surface area contributed by atoms with Crippen LogP contribution in [0.4, 0.5) is 0 Å². The molecule has 10 nitrogen and oxygen atoms in total. The third kappa shape index (κ3) is 14.5. The minimum atomic E-state index is -2.97. The van der Waals surface area contributed by atoms with Gasteiger partial charge in [0.2, 0.25) is 0 Å². The average molecular weight is 410 g/mol. The van der Waals surface area contributed by atoms with Gasteiger partial charge in [-0.1, -0.05) is 0 Å².